The maximum absolute atomic E-state index is 12.0. The smallest absolute Gasteiger partial charge is 0.259 e. The van der Waals surface area contributed by atoms with E-state index in [1.54, 1.807) is 24.3 Å². The first kappa shape index (κ1) is 15.2. The third-order valence-electron chi connectivity index (χ3n) is 3.22. The molecule has 0 bridgehead atoms. The van der Waals surface area contributed by atoms with Crippen LogP contribution in [0.5, 0.6) is 0 Å². The lowest BCUT2D eigenvalue weighted by molar-refractivity contribution is -0.121. The zero-order chi connectivity index (χ0) is 14.5. The van der Waals surface area contributed by atoms with Crippen molar-refractivity contribution in [3.05, 3.63) is 34.3 Å². The van der Waals surface area contributed by atoms with Crippen molar-refractivity contribution < 1.29 is 14.7 Å². The largest absolute Gasteiger partial charge is 0.392 e. The van der Waals surface area contributed by atoms with E-state index in [4.69, 9.17) is 0 Å². The van der Waals surface area contributed by atoms with E-state index in [0.29, 0.717) is 16.6 Å². The minimum absolute atomic E-state index is 0.132. The van der Waals surface area contributed by atoms with Crippen LogP contribution in [0.1, 0.15) is 23.2 Å². The predicted molar refractivity (Wildman–Crippen MR) is 78.3 cm³/mol. The van der Waals surface area contributed by atoms with E-state index < -0.39 is 5.91 Å². The van der Waals surface area contributed by atoms with Gasteiger partial charge in [0.2, 0.25) is 5.91 Å². The summed E-state index contributed by atoms with van der Waals surface area (Å²) >= 11 is 3.28. The van der Waals surface area contributed by atoms with Crippen LogP contribution in [0, 0.1) is 0 Å². The molecule has 1 heterocycles. The van der Waals surface area contributed by atoms with Crippen LogP contribution in [0.4, 0.5) is 0 Å². The van der Waals surface area contributed by atoms with Crippen molar-refractivity contribution in [2.45, 2.75) is 18.9 Å². The first-order valence-corrected chi connectivity index (χ1v) is 7.34. The van der Waals surface area contributed by atoms with Gasteiger partial charge in [0.1, 0.15) is 0 Å². The third-order valence-corrected chi connectivity index (χ3v) is 3.91. The van der Waals surface area contributed by atoms with Gasteiger partial charge in [0, 0.05) is 11.0 Å². The number of benzene rings is 1. The molecule has 6 heteroatoms. The quantitative estimate of drug-likeness (QED) is 0.866. The molecule has 2 rings (SSSR count). The van der Waals surface area contributed by atoms with Gasteiger partial charge >= 0.3 is 0 Å². The highest BCUT2D eigenvalue weighted by molar-refractivity contribution is 9.10. The number of rotatable bonds is 3. The lowest BCUT2D eigenvalue weighted by Crippen LogP contribution is -2.45. The van der Waals surface area contributed by atoms with Crippen molar-refractivity contribution in [1.29, 1.82) is 0 Å². The first-order valence-electron chi connectivity index (χ1n) is 6.55. The molecule has 2 N–H and O–H groups in total. The summed E-state index contributed by atoms with van der Waals surface area (Å²) in [6.45, 7) is 1.39. The lowest BCUT2D eigenvalue weighted by atomic mass is 10.1. The van der Waals surface area contributed by atoms with Gasteiger partial charge in [-0.3, -0.25) is 19.8 Å². The monoisotopic (exact) mass is 340 g/mol. The van der Waals surface area contributed by atoms with Crippen molar-refractivity contribution in [2.75, 3.05) is 19.6 Å². The standard InChI is InChI=1S/C14H17BrN2O3/c15-12-6-2-1-5-11(12)14(20)16-13(19)9-17-7-3-4-10(18)8-17/h1-2,5-6,10,18H,3-4,7-9H2,(H,16,19,20)/t10-/m0/s1. The molecule has 1 aromatic carbocycles. The highest BCUT2D eigenvalue weighted by atomic mass is 79.9. The Hall–Kier alpha value is -1.24. The topological polar surface area (TPSA) is 69.6 Å². The Morgan fingerprint density at radius 3 is 2.85 bits per heavy atom. The zero-order valence-corrected chi connectivity index (χ0v) is 12.6. The summed E-state index contributed by atoms with van der Waals surface area (Å²) in [4.78, 5) is 25.7. The van der Waals surface area contributed by atoms with Crippen molar-refractivity contribution in [1.82, 2.24) is 10.2 Å². The molecule has 1 fully saturated rings. The lowest BCUT2D eigenvalue weighted by Gasteiger charge is -2.29. The molecule has 1 aromatic rings. The molecular weight excluding hydrogens is 324 g/mol. The van der Waals surface area contributed by atoms with E-state index in [-0.39, 0.29) is 18.6 Å². The second-order valence-corrected chi connectivity index (χ2v) is 5.74. The number of amides is 2. The predicted octanol–water partition coefficient (Wildman–Crippen LogP) is 1.16. The molecule has 20 heavy (non-hydrogen) atoms. The average molecular weight is 341 g/mol. The van der Waals surface area contributed by atoms with E-state index in [1.165, 1.54) is 0 Å². The van der Waals surface area contributed by atoms with Gasteiger partial charge in [0.05, 0.1) is 18.2 Å². The zero-order valence-electron chi connectivity index (χ0n) is 11.0. The fraction of sp³-hybridized carbons (Fsp3) is 0.429. The molecule has 2 amide bonds. The number of carbonyl (C=O) groups is 2. The molecule has 1 atom stereocenters. The molecule has 1 aliphatic heterocycles. The van der Waals surface area contributed by atoms with Crippen LogP contribution in [0.15, 0.2) is 28.7 Å². The fourth-order valence-electron chi connectivity index (χ4n) is 2.26. The summed E-state index contributed by atoms with van der Waals surface area (Å²) in [5.74, 6) is -0.764. The van der Waals surface area contributed by atoms with Gasteiger partial charge in [-0.2, -0.15) is 0 Å². The van der Waals surface area contributed by atoms with Crippen molar-refractivity contribution in [2.24, 2.45) is 0 Å². The van der Waals surface area contributed by atoms with Gasteiger partial charge in [-0.15, -0.1) is 0 Å². The van der Waals surface area contributed by atoms with Gasteiger partial charge in [-0.25, -0.2) is 0 Å². The summed E-state index contributed by atoms with van der Waals surface area (Å²) in [6, 6.07) is 6.95. The molecule has 0 spiro atoms. The highest BCUT2D eigenvalue weighted by Crippen LogP contribution is 2.15. The van der Waals surface area contributed by atoms with E-state index in [1.807, 2.05) is 4.90 Å². The minimum atomic E-state index is -0.417. The van der Waals surface area contributed by atoms with Gasteiger partial charge in [0.25, 0.3) is 5.91 Å². The normalized spacial score (nSPS) is 19.6. The SMILES string of the molecule is O=C(CN1CCC[C@H](O)C1)NC(=O)c1ccccc1Br. The number of imide groups is 1. The van der Waals surface area contributed by atoms with Crippen LogP contribution < -0.4 is 5.32 Å². The second-order valence-electron chi connectivity index (χ2n) is 4.89. The molecule has 5 nitrogen and oxygen atoms in total. The number of aliphatic hydroxyl groups excluding tert-OH is 1. The average Bonchev–Trinajstić information content (AvgIpc) is 2.38. The highest BCUT2D eigenvalue weighted by Gasteiger charge is 2.21. The Balaban J connectivity index is 1.88. The number of hydrogen-bond donors (Lipinski definition) is 2. The summed E-state index contributed by atoms with van der Waals surface area (Å²) in [5.41, 5.74) is 0.430. The number of halogens is 1. The molecule has 108 valence electrons. The summed E-state index contributed by atoms with van der Waals surface area (Å²) in [7, 11) is 0. The molecule has 0 aromatic heterocycles. The maximum Gasteiger partial charge on any atom is 0.259 e. The summed E-state index contributed by atoms with van der Waals surface area (Å²) < 4.78 is 0.652. The number of nitrogens with one attached hydrogen (secondary N) is 1. The Morgan fingerprint density at radius 2 is 2.15 bits per heavy atom. The van der Waals surface area contributed by atoms with Crippen LogP contribution in [0.3, 0.4) is 0 Å². The molecular formula is C14H17BrN2O3. The van der Waals surface area contributed by atoms with Crippen molar-refractivity contribution in [3.63, 3.8) is 0 Å². The van der Waals surface area contributed by atoms with Crippen LogP contribution in [0.25, 0.3) is 0 Å². The number of carbonyl (C=O) groups excluding carboxylic acids is 2. The van der Waals surface area contributed by atoms with Gasteiger partial charge < -0.3 is 5.11 Å². The molecule has 0 radical (unpaired) electrons. The van der Waals surface area contributed by atoms with E-state index in [0.717, 1.165) is 19.4 Å². The van der Waals surface area contributed by atoms with E-state index in [9.17, 15) is 14.7 Å². The van der Waals surface area contributed by atoms with E-state index in [2.05, 4.69) is 21.2 Å². The van der Waals surface area contributed by atoms with E-state index >= 15 is 0 Å². The number of aliphatic hydroxyl groups is 1. The Labute approximate surface area is 126 Å². The molecule has 0 saturated carbocycles. The van der Waals surface area contributed by atoms with Crippen molar-refractivity contribution in [3.8, 4) is 0 Å². The Kier molecular flexibility index (Phi) is 5.28. The fourth-order valence-corrected chi connectivity index (χ4v) is 2.72. The molecule has 1 aliphatic rings. The molecule has 1 saturated heterocycles. The van der Waals surface area contributed by atoms with Crippen molar-refractivity contribution >= 4 is 27.7 Å². The summed E-state index contributed by atoms with van der Waals surface area (Å²) in [6.07, 6.45) is 1.26. The maximum atomic E-state index is 12.0. The van der Waals surface area contributed by atoms with Crippen LogP contribution in [0.2, 0.25) is 0 Å². The number of β-amino-alcohol motifs (C(OH)–C–C–N with tert-alkyl or cyclic N) is 1. The third kappa shape index (κ3) is 4.13. The van der Waals surface area contributed by atoms with Crippen LogP contribution in [-0.4, -0.2) is 47.6 Å². The number of likely N-dealkylation sites (tertiary alicyclic amines) is 1. The number of piperidine rings is 1. The summed E-state index contributed by atoms with van der Waals surface area (Å²) in [5, 5.41) is 11.9. The molecule has 0 aliphatic carbocycles. The van der Waals surface area contributed by atoms with Gasteiger partial charge in [-0.05, 0) is 47.4 Å². The van der Waals surface area contributed by atoms with Gasteiger partial charge in [0.15, 0.2) is 0 Å². The van der Waals surface area contributed by atoms with Crippen LogP contribution in [-0.2, 0) is 4.79 Å². The second kappa shape index (κ2) is 6.97. The minimum Gasteiger partial charge on any atom is -0.392 e. The Morgan fingerprint density at radius 1 is 1.40 bits per heavy atom. The van der Waals surface area contributed by atoms with Gasteiger partial charge in [-0.1, -0.05) is 12.1 Å². The van der Waals surface area contributed by atoms with Crippen LogP contribution >= 0.6 is 15.9 Å². The molecule has 0 unspecified atom stereocenters. The number of hydrogen-bond acceptors (Lipinski definition) is 4. The number of nitrogens with zero attached hydrogens (tertiary/aromatic N) is 1. The first-order chi connectivity index (χ1) is 9.56. The Bertz CT molecular complexity index is 507.